The third kappa shape index (κ3) is 2.99. The number of nitrogens with zero attached hydrogens (tertiary/aromatic N) is 1. The highest BCUT2D eigenvalue weighted by atomic mass is 16.2. The smallest absolute Gasteiger partial charge is 0.322 e. The van der Waals surface area contributed by atoms with Crippen LogP contribution in [-0.4, -0.2) is 17.6 Å². The van der Waals surface area contributed by atoms with E-state index in [9.17, 15) is 4.79 Å². The Labute approximate surface area is 134 Å². The Hall–Kier alpha value is -1.51. The van der Waals surface area contributed by atoms with Gasteiger partial charge in [-0.3, -0.25) is 4.90 Å². The molecule has 1 aromatic rings. The topological polar surface area (TPSA) is 32.3 Å². The molecular formula is C19H28N2O. The summed E-state index contributed by atoms with van der Waals surface area (Å²) in [5.74, 6) is 0. The minimum absolute atomic E-state index is 0.0849. The zero-order valence-electron chi connectivity index (χ0n) is 14.1. The van der Waals surface area contributed by atoms with Crippen molar-refractivity contribution in [3.63, 3.8) is 0 Å². The standard InChI is InChI=1S/C19H28N2O/c1-14-9-10-17-15(13-14)11-12-19(2,3)21(17)18(22)20-16-7-5-4-6-8-16/h9-10,13,16H,4-8,11-12H2,1-3H3,(H,20,22). The van der Waals surface area contributed by atoms with Gasteiger partial charge in [0.2, 0.25) is 0 Å². The Morgan fingerprint density at radius 1 is 1.23 bits per heavy atom. The quantitative estimate of drug-likeness (QED) is 0.809. The molecule has 2 amide bonds. The molecule has 0 bridgehead atoms. The van der Waals surface area contributed by atoms with Crippen LogP contribution in [-0.2, 0) is 6.42 Å². The monoisotopic (exact) mass is 300 g/mol. The molecule has 1 aliphatic heterocycles. The second kappa shape index (κ2) is 5.94. The number of nitrogens with one attached hydrogen (secondary N) is 1. The van der Waals surface area contributed by atoms with E-state index in [1.54, 1.807) is 0 Å². The molecule has 0 radical (unpaired) electrons. The van der Waals surface area contributed by atoms with E-state index < -0.39 is 0 Å². The zero-order chi connectivity index (χ0) is 15.7. The van der Waals surface area contributed by atoms with Gasteiger partial charge in [-0.1, -0.05) is 37.0 Å². The van der Waals surface area contributed by atoms with Crippen LogP contribution in [0.15, 0.2) is 18.2 Å². The van der Waals surface area contributed by atoms with Crippen molar-refractivity contribution >= 4 is 11.7 Å². The lowest BCUT2D eigenvalue weighted by atomic mass is 9.86. The fraction of sp³-hybridized carbons (Fsp3) is 0.632. The van der Waals surface area contributed by atoms with Gasteiger partial charge in [0.05, 0.1) is 0 Å². The van der Waals surface area contributed by atoms with Crippen LogP contribution >= 0.6 is 0 Å². The third-order valence-electron chi connectivity index (χ3n) is 5.22. The van der Waals surface area contributed by atoms with Crippen LogP contribution in [0.1, 0.15) is 63.5 Å². The molecule has 0 unspecified atom stereocenters. The van der Waals surface area contributed by atoms with E-state index in [1.807, 2.05) is 4.90 Å². The minimum atomic E-state index is -0.124. The molecule has 2 aliphatic rings. The van der Waals surface area contributed by atoms with Crippen molar-refractivity contribution < 1.29 is 4.79 Å². The lowest BCUT2D eigenvalue weighted by Crippen LogP contribution is -2.56. The summed E-state index contributed by atoms with van der Waals surface area (Å²) in [6, 6.07) is 6.90. The molecule has 0 saturated heterocycles. The first kappa shape index (κ1) is 15.4. The maximum atomic E-state index is 12.9. The molecule has 0 spiro atoms. The molecule has 1 aromatic carbocycles. The van der Waals surface area contributed by atoms with Crippen molar-refractivity contribution in [3.05, 3.63) is 29.3 Å². The molecule has 1 saturated carbocycles. The van der Waals surface area contributed by atoms with Crippen LogP contribution in [0.3, 0.4) is 0 Å². The maximum absolute atomic E-state index is 12.9. The number of hydrogen-bond acceptors (Lipinski definition) is 1. The molecule has 1 aliphatic carbocycles. The normalized spacial score (nSPS) is 21.3. The predicted octanol–water partition coefficient (Wildman–Crippen LogP) is 4.57. The average Bonchev–Trinajstić information content (AvgIpc) is 2.48. The zero-order valence-corrected chi connectivity index (χ0v) is 14.1. The van der Waals surface area contributed by atoms with Gasteiger partial charge in [-0.2, -0.15) is 0 Å². The van der Waals surface area contributed by atoms with Gasteiger partial charge in [-0.25, -0.2) is 4.79 Å². The van der Waals surface area contributed by atoms with Gasteiger partial charge in [-0.15, -0.1) is 0 Å². The summed E-state index contributed by atoms with van der Waals surface area (Å²) in [4.78, 5) is 14.9. The van der Waals surface area contributed by atoms with E-state index in [2.05, 4.69) is 44.3 Å². The van der Waals surface area contributed by atoms with Crippen LogP contribution in [0.2, 0.25) is 0 Å². The Bertz CT molecular complexity index is 559. The number of aryl methyl sites for hydroxylation is 2. The molecule has 22 heavy (non-hydrogen) atoms. The third-order valence-corrected chi connectivity index (χ3v) is 5.22. The maximum Gasteiger partial charge on any atom is 0.322 e. The molecule has 1 fully saturated rings. The van der Waals surface area contributed by atoms with Crippen LogP contribution in [0.5, 0.6) is 0 Å². The minimum Gasteiger partial charge on any atom is -0.335 e. The Balaban J connectivity index is 1.85. The second-order valence-electron chi connectivity index (χ2n) is 7.56. The molecule has 3 heteroatoms. The fourth-order valence-electron chi connectivity index (χ4n) is 3.88. The van der Waals surface area contributed by atoms with Gasteiger partial charge in [0.25, 0.3) is 0 Å². The number of carbonyl (C=O) groups is 1. The summed E-state index contributed by atoms with van der Waals surface area (Å²) in [6.07, 6.45) is 8.11. The number of amides is 2. The summed E-state index contributed by atoms with van der Waals surface area (Å²) in [6.45, 7) is 6.47. The number of carbonyl (C=O) groups excluding carboxylic acids is 1. The first-order valence-electron chi connectivity index (χ1n) is 8.68. The number of anilines is 1. The van der Waals surface area contributed by atoms with Gasteiger partial charge in [-0.05, 0) is 58.1 Å². The van der Waals surface area contributed by atoms with E-state index in [0.29, 0.717) is 6.04 Å². The average molecular weight is 300 g/mol. The largest absolute Gasteiger partial charge is 0.335 e. The van der Waals surface area contributed by atoms with Crippen LogP contribution in [0, 0.1) is 6.92 Å². The molecule has 0 aromatic heterocycles. The summed E-state index contributed by atoms with van der Waals surface area (Å²) < 4.78 is 0. The highest BCUT2D eigenvalue weighted by Crippen LogP contribution is 2.37. The molecule has 3 nitrogen and oxygen atoms in total. The first-order valence-corrected chi connectivity index (χ1v) is 8.68. The molecular weight excluding hydrogens is 272 g/mol. The molecule has 1 heterocycles. The van der Waals surface area contributed by atoms with Crippen molar-refractivity contribution in [3.8, 4) is 0 Å². The molecule has 3 rings (SSSR count). The SMILES string of the molecule is Cc1ccc2c(c1)CCC(C)(C)N2C(=O)NC1CCCCC1. The summed E-state index contributed by atoms with van der Waals surface area (Å²) in [7, 11) is 0. The van der Waals surface area contributed by atoms with E-state index in [-0.39, 0.29) is 11.6 Å². The fourth-order valence-corrected chi connectivity index (χ4v) is 3.88. The van der Waals surface area contributed by atoms with Gasteiger partial charge in [0.15, 0.2) is 0 Å². The van der Waals surface area contributed by atoms with Crippen molar-refractivity contribution in [1.82, 2.24) is 5.32 Å². The van der Waals surface area contributed by atoms with Gasteiger partial charge >= 0.3 is 6.03 Å². The highest BCUT2D eigenvalue weighted by molar-refractivity contribution is 5.95. The van der Waals surface area contributed by atoms with Crippen molar-refractivity contribution in [2.75, 3.05) is 4.90 Å². The second-order valence-corrected chi connectivity index (χ2v) is 7.56. The van der Waals surface area contributed by atoms with E-state index in [0.717, 1.165) is 31.4 Å². The van der Waals surface area contributed by atoms with Crippen LogP contribution in [0.4, 0.5) is 10.5 Å². The molecule has 120 valence electrons. The predicted molar refractivity (Wildman–Crippen MR) is 91.5 cm³/mol. The van der Waals surface area contributed by atoms with Crippen LogP contribution in [0.25, 0.3) is 0 Å². The summed E-state index contributed by atoms with van der Waals surface area (Å²) in [5.41, 5.74) is 3.54. The van der Waals surface area contributed by atoms with Crippen molar-refractivity contribution in [2.45, 2.75) is 77.3 Å². The van der Waals surface area contributed by atoms with E-state index in [1.165, 1.54) is 30.4 Å². The number of hydrogen-bond donors (Lipinski definition) is 1. The van der Waals surface area contributed by atoms with Gasteiger partial charge < -0.3 is 5.32 Å². The lowest BCUT2D eigenvalue weighted by molar-refractivity contribution is 0.229. The summed E-state index contributed by atoms with van der Waals surface area (Å²) in [5, 5.41) is 3.29. The lowest BCUT2D eigenvalue weighted by Gasteiger charge is -2.44. The number of urea groups is 1. The van der Waals surface area contributed by atoms with E-state index >= 15 is 0 Å². The van der Waals surface area contributed by atoms with Gasteiger partial charge in [0, 0.05) is 17.3 Å². The number of fused-ring (bicyclic) bond motifs is 1. The molecule has 1 N–H and O–H groups in total. The van der Waals surface area contributed by atoms with Crippen molar-refractivity contribution in [2.24, 2.45) is 0 Å². The van der Waals surface area contributed by atoms with E-state index in [4.69, 9.17) is 0 Å². The van der Waals surface area contributed by atoms with Gasteiger partial charge in [0.1, 0.15) is 0 Å². The highest BCUT2D eigenvalue weighted by Gasteiger charge is 2.37. The Morgan fingerprint density at radius 3 is 2.68 bits per heavy atom. The summed E-state index contributed by atoms with van der Waals surface area (Å²) >= 11 is 0. The van der Waals surface area contributed by atoms with Crippen molar-refractivity contribution in [1.29, 1.82) is 0 Å². The number of benzene rings is 1. The Kier molecular flexibility index (Phi) is 4.16. The first-order chi connectivity index (χ1) is 10.5. The van der Waals surface area contributed by atoms with Crippen LogP contribution < -0.4 is 10.2 Å². The Morgan fingerprint density at radius 2 is 1.95 bits per heavy atom. The number of rotatable bonds is 1. The molecule has 0 atom stereocenters.